The van der Waals surface area contributed by atoms with Gasteiger partial charge in [-0.15, -0.1) is 0 Å². The molecule has 0 aliphatic heterocycles. The van der Waals surface area contributed by atoms with Crippen molar-refractivity contribution in [2.45, 2.75) is 24.9 Å². The molecule has 116 valence electrons. The van der Waals surface area contributed by atoms with E-state index >= 15 is 0 Å². The smallest absolute Gasteiger partial charge is 0.191 e. The van der Waals surface area contributed by atoms with Crippen LogP contribution in [0.4, 0.5) is 4.39 Å². The molecule has 1 aliphatic rings. The van der Waals surface area contributed by atoms with E-state index in [0.717, 1.165) is 23.6 Å². The highest BCUT2D eigenvalue weighted by Crippen LogP contribution is 2.41. The molecule has 0 radical (unpaired) electrons. The number of nitrogens with one attached hydrogen (secondary N) is 2. The molecule has 2 N–H and O–H groups in total. The number of hydrogen-bond acceptors (Lipinski definition) is 2. The maximum absolute atomic E-state index is 13.8. The molecular weight excluding hydrogens is 281 g/mol. The lowest BCUT2D eigenvalue weighted by Gasteiger charge is -2.12. The second-order valence-electron chi connectivity index (χ2n) is 5.49. The zero-order valence-corrected chi connectivity index (χ0v) is 12.8. The van der Waals surface area contributed by atoms with Crippen LogP contribution in [0, 0.1) is 5.82 Å². The summed E-state index contributed by atoms with van der Waals surface area (Å²) >= 11 is 0. The van der Waals surface area contributed by atoms with E-state index in [1.54, 1.807) is 19.3 Å². The van der Waals surface area contributed by atoms with Crippen molar-refractivity contribution in [3.63, 3.8) is 0 Å². The largest absolute Gasteiger partial charge is 0.353 e. The fourth-order valence-electron chi connectivity index (χ4n) is 2.59. The van der Waals surface area contributed by atoms with Crippen molar-refractivity contribution in [1.29, 1.82) is 0 Å². The van der Waals surface area contributed by atoms with E-state index in [1.807, 2.05) is 29.9 Å². The predicted molar refractivity (Wildman–Crippen MR) is 84.1 cm³/mol. The molecule has 0 bridgehead atoms. The number of aryl methyl sites for hydroxylation is 1. The molecule has 1 aromatic heterocycles. The molecule has 3 rings (SSSR count). The fourth-order valence-corrected chi connectivity index (χ4v) is 2.59. The number of hydrogen-bond donors (Lipinski definition) is 2. The molecule has 1 saturated carbocycles. The minimum atomic E-state index is -0.130. The predicted octanol–water partition coefficient (Wildman–Crippen LogP) is 1.78. The Hall–Kier alpha value is -2.37. The van der Waals surface area contributed by atoms with E-state index in [4.69, 9.17) is 0 Å². The first-order chi connectivity index (χ1) is 10.7. The Morgan fingerprint density at radius 3 is 2.91 bits per heavy atom. The number of aliphatic imine (C=N–C) groups is 1. The average molecular weight is 301 g/mol. The van der Waals surface area contributed by atoms with Gasteiger partial charge in [0.05, 0.1) is 12.2 Å². The van der Waals surface area contributed by atoms with Crippen LogP contribution in [-0.2, 0) is 13.6 Å². The van der Waals surface area contributed by atoms with Gasteiger partial charge in [-0.05, 0) is 24.1 Å². The first kappa shape index (κ1) is 14.6. The molecule has 2 aromatic rings. The van der Waals surface area contributed by atoms with Gasteiger partial charge in [-0.1, -0.05) is 18.2 Å². The highest BCUT2D eigenvalue weighted by Gasteiger charge is 2.40. The molecule has 0 saturated heterocycles. The minimum absolute atomic E-state index is 0.130. The molecule has 1 heterocycles. The van der Waals surface area contributed by atoms with Crippen LogP contribution in [0.15, 0.2) is 41.5 Å². The SMILES string of the molecule is CN=C(NCc1ccnn1C)NC1CC1c1ccccc1F. The minimum Gasteiger partial charge on any atom is -0.353 e. The number of aromatic nitrogens is 2. The van der Waals surface area contributed by atoms with Crippen molar-refractivity contribution in [2.24, 2.45) is 12.0 Å². The number of halogens is 1. The zero-order chi connectivity index (χ0) is 15.5. The van der Waals surface area contributed by atoms with Crippen LogP contribution in [0.2, 0.25) is 0 Å². The molecule has 1 aliphatic carbocycles. The lowest BCUT2D eigenvalue weighted by Crippen LogP contribution is -2.39. The van der Waals surface area contributed by atoms with Crippen molar-refractivity contribution >= 4 is 5.96 Å². The number of rotatable bonds is 4. The molecule has 2 unspecified atom stereocenters. The van der Waals surface area contributed by atoms with Gasteiger partial charge >= 0.3 is 0 Å². The van der Waals surface area contributed by atoms with Gasteiger partial charge in [-0.2, -0.15) is 5.10 Å². The Morgan fingerprint density at radius 1 is 1.41 bits per heavy atom. The molecule has 6 heteroatoms. The Balaban J connectivity index is 1.55. The van der Waals surface area contributed by atoms with Crippen molar-refractivity contribution < 1.29 is 4.39 Å². The highest BCUT2D eigenvalue weighted by atomic mass is 19.1. The number of benzene rings is 1. The molecule has 0 amide bonds. The van der Waals surface area contributed by atoms with Gasteiger partial charge in [0.2, 0.25) is 0 Å². The molecular formula is C16H20FN5. The van der Waals surface area contributed by atoms with Crippen LogP contribution in [0.25, 0.3) is 0 Å². The Kier molecular flexibility index (Phi) is 4.09. The van der Waals surface area contributed by atoms with Gasteiger partial charge in [-0.3, -0.25) is 9.67 Å². The molecule has 22 heavy (non-hydrogen) atoms. The van der Waals surface area contributed by atoms with Crippen molar-refractivity contribution in [1.82, 2.24) is 20.4 Å². The third-order valence-electron chi connectivity index (χ3n) is 4.00. The topological polar surface area (TPSA) is 54.2 Å². The summed E-state index contributed by atoms with van der Waals surface area (Å²) < 4.78 is 15.6. The third kappa shape index (κ3) is 3.10. The summed E-state index contributed by atoms with van der Waals surface area (Å²) in [5.41, 5.74) is 1.85. The van der Waals surface area contributed by atoms with Crippen LogP contribution >= 0.6 is 0 Å². The van der Waals surface area contributed by atoms with E-state index in [2.05, 4.69) is 20.7 Å². The Labute approximate surface area is 129 Å². The van der Waals surface area contributed by atoms with Crippen LogP contribution in [0.5, 0.6) is 0 Å². The lowest BCUT2D eigenvalue weighted by atomic mass is 10.1. The maximum Gasteiger partial charge on any atom is 0.191 e. The monoisotopic (exact) mass is 301 g/mol. The summed E-state index contributed by atoms with van der Waals surface area (Å²) in [5, 5.41) is 10.7. The zero-order valence-electron chi connectivity index (χ0n) is 12.8. The summed E-state index contributed by atoms with van der Waals surface area (Å²) in [6.45, 7) is 0.646. The van der Waals surface area contributed by atoms with E-state index in [0.29, 0.717) is 6.54 Å². The molecule has 2 atom stereocenters. The van der Waals surface area contributed by atoms with Crippen LogP contribution in [0.3, 0.4) is 0 Å². The van der Waals surface area contributed by atoms with Crippen molar-refractivity contribution in [3.05, 3.63) is 53.6 Å². The van der Waals surface area contributed by atoms with E-state index in [1.165, 1.54) is 6.07 Å². The van der Waals surface area contributed by atoms with Crippen LogP contribution in [-0.4, -0.2) is 28.8 Å². The fraction of sp³-hybridized carbons (Fsp3) is 0.375. The van der Waals surface area contributed by atoms with Gasteiger partial charge in [0.15, 0.2) is 5.96 Å². The second kappa shape index (κ2) is 6.17. The van der Waals surface area contributed by atoms with Gasteiger partial charge in [0.1, 0.15) is 5.82 Å². The number of guanidine groups is 1. The summed E-state index contributed by atoms with van der Waals surface area (Å²) in [5.74, 6) is 0.816. The van der Waals surface area contributed by atoms with E-state index in [9.17, 15) is 4.39 Å². The summed E-state index contributed by atoms with van der Waals surface area (Å²) in [4.78, 5) is 4.22. The van der Waals surface area contributed by atoms with Crippen LogP contribution < -0.4 is 10.6 Å². The summed E-state index contributed by atoms with van der Waals surface area (Å²) in [6.07, 6.45) is 2.69. The lowest BCUT2D eigenvalue weighted by molar-refractivity contribution is 0.607. The van der Waals surface area contributed by atoms with Gasteiger partial charge in [-0.25, -0.2) is 4.39 Å². The first-order valence-corrected chi connectivity index (χ1v) is 7.37. The van der Waals surface area contributed by atoms with Gasteiger partial charge in [0, 0.05) is 32.3 Å². The van der Waals surface area contributed by atoms with Crippen molar-refractivity contribution in [2.75, 3.05) is 7.05 Å². The van der Waals surface area contributed by atoms with E-state index in [-0.39, 0.29) is 17.8 Å². The van der Waals surface area contributed by atoms with Crippen molar-refractivity contribution in [3.8, 4) is 0 Å². The summed E-state index contributed by atoms with van der Waals surface area (Å²) in [6, 6.07) is 9.16. The molecule has 0 spiro atoms. The maximum atomic E-state index is 13.8. The highest BCUT2D eigenvalue weighted by molar-refractivity contribution is 5.80. The molecule has 1 aromatic carbocycles. The Bertz CT molecular complexity index is 679. The molecule has 5 nitrogen and oxygen atoms in total. The first-order valence-electron chi connectivity index (χ1n) is 7.37. The number of nitrogens with zero attached hydrogens (tertiary/aromatic N) is 3. The normalized spacial score (nSPS) is 20.8. The summed E-state index contributed by atoms with van der Waals surface area (Å²) in [7, 11) is 3.64. The van der Waals surface area contributed by atoms with E-state index < -0.39 is 0 Å². The van der Waals surface area contributed by atoms with Gasteiger partial charge < -0.3 is 10.6 Å². The average Bonchev–Trinajstić information content (AvgIpc) is 3.16. The van der Waals surface area contributed by atoms with Gasteiger partial charge in [0.25, 0.3) is 0 Å². The second-order valence-corrected chi connectivity index (χ2v) is 5.49. The quantitative estimate of drug-likeness (QED) is 0.668. The standard InChI is InChI=1S/C16H20FN5/c1-18-16(19-10-11-7-8-20-22(11)2)21-15-9-13(15)12-5-3-4-6-14(12)17/h3-8,13,15H,9-10H2,1-2H3,(H2,18,19,21). The third-order valence-corrected chi connectivity index (χ3v) is 4.00. The molecule has 1 fully saturated rings. The van der Waals surface area contributed by atoms with Crippen LogP contribution in [0.1, 0.15) is 23.6 Å². The Morgan fingerprint density at radius 2 is 2.23 bits per heavy atom.